The third kappa shape index (κ3) is 9.63. The first-order valence-corrected chi connectivity index (χ1v) is 7.37. The number of hydrogen-bond donors (Lipinski definition) is 2. The minimum atomic E-state index is -4.49. The maximum Gasteiger partial charge on any atom is 0.419 e. The van der Waals surface area contributed by atoms with E-state index in [4.69, 9.17) is 10.5 Å². The molecule has 0 rings (SSSR count). The van der Waals surface area contributed by atoms with E-state index in [9.17, 15) is 13.2 Å². The number of methoxy groups -OCH3 is 1. The lowest BCUT2D eigenvalue weighted by Crippen LogP contribution is -2.25. The molecule has 0 radical (unpaired) electrons. The first-order valence-electron chi connectivity index (χ1n) is 7.37. The molecule has 0 spiro atoms. The van der Waals surface area contributed by atoms with E-state index < -0.39 is 11.7 Å². The van der Waals surface area contributed by atoms with Crippen molar-refractivity contribution in [3.8, 4) is 0 Å². The zero-order chi connectivity index (χ0) is 17.8. The van der Waals surface area contributed by atoms with Gasteiger partial charge in [-0.1, -0.05) is 40.3 Å². The standard InChI is InChI=1S/C14H23F3N2O.C2H6/c1-5-11(9-18)8-12(14(15,16)17)13(20-4)6-7-19-10(2)3;1-2/h5,8,10,19H,1,6-7,9,18H2,2-4H3;1-2H3/b11-8+,13-12-;. The summed E-state index contributed by atoms with van der Waals surface area (Å²) in [6.45, 7) is 11.7. The van der Waals surface area contributed by atoms with E-state index in [0.29, 0.717) is 12.1 Å². The largest absolute Gasteiger partial charge is 0.500 e. The first-order chi connectivity index (χ1) is 10.3. The SMILES string of the molecule is C=C/C(=C\C(=C(/CCNC(C)C)OC)C(F)(F)F)CN.CC. The zero-order valence-electron chi connectivity index (χ0n) is 14.2. The van der Waals surface area contributed by atoms with Crippen molar-refractivity contribution in [3.05, 3.63) is 35.6 Å². The number of nitrogens with two attached hydrogens (primary N) is 1. The fraction of sp³-hybridized carbons (Fsp3) is 0.625. The monoisotopic (exact) mass is 322 g/mol. The van der Waals surface area contributed by atoms with Gasteiger partial charge in [0.25, 0.3) is 0 Å². The van der Waals surface area contributed by atoms with Crippen LogP contribution in [-0.2, 0) is 4.74 Å². The summed E-state index contributed by atoms with van der Waals surface area (Å²) in [7, 11) is 1.24. The van der Waals surface area contributed by atoms with Crippen molar-refractivity contribution < 1.29 is 17.9 Å². The van der Waals surface area contributed by atoms with Crippen LogP contribution in [-0.4, -0.2) is 32.4 Å². The number of rotatable bonds is 8. The Hall–Kier alpha value is -1.27. The van der Waals surface area contributed by atoms with E-state index in [2.05, 4.69) is 11.9 Å². The van der Waals surface area contributed by atoms with Crippen LogP contribution in [0.15, 0.2) is 35.6 Å². The Labute approximate surface area is 132 Å². The van der Waals surface area contributed by atoms with E-state index in [1.54, 1.807) is 0 Å². The molecule has 0 heterocycles. The molecule has 0 unspecified atom stereocenters. The van der Waals surface area contributed by atoms with Crippen molar-refractivity contribution >= 4 is 0 Å². The molecule has 0 aliphatic heterocycles. The predicted molar refractivity (Wildman–Crippen MR) is 86.5 cm³/mol. The number of halogens is 3. The molecule has 3 N–H and O–H groups in total. The molecular weight excluding hydrogens is 293 g/mol. The number of nitrogens with one attached hydrogen (secondary N) is 1. The van der Waals surface area contributed by atoms with Gasteiger partial charge in [0.2, 0.25) is 0 Å². The van der Waals surface area contributed by atoms with Gasteiger partial charge in [0, 0.05) is 25.6 Å². The summed E-state index contributed by atoms with van der Waals surface area (Å²) in [5, 5.41) is 3.05. The average molecular weight is 322 g/mol. The van der Waals surface area contributed by atoms with Gasteiger partial charge in [0.1, 0.15) is 5.76 Å². The maximum absolute atomic E-state index is 13.1. The van der Waals surface area contributed by atoms with Crippen molar-refractivity contribution in [2.24, 2.45) is 5.73 Å². The van der Waals surface area contributed by atoms with Gasteiger partial charge in [-0.25, -0.2) is 0 Å². The van der Waals surface area contributed by atoms with Crippen molar-refractivity contribution in [3.63, 3.8) is 0 Å². The molecular formula is C16H29F3N2O. The number of hydrogen-bond acceptors (Lipinski definition) is 3. The van der Waals surface area contributed by atoms with Crippen molar-refractivity contribution in [2.75, 3.05) is 20.2 Å². The van der Waals surface area contributed by atoms with Crippen LogP contribution in [0.1, 0.15) is 34.1 Å². The van der Waals surface area contributed by atoms with Crippen LogP contribution in [0.4, 0.5) is 13.2 Å². The van der Waals surface area contributed by atoms with Crippen LogP contribution in [0.5, 0.6) is 0 Å². The van der Waals surface area contributed by atoms with Gasteiger partial charge in [0.05, 0.1) is 12.7 Å². The zero-order valence-corrected chi connectivity index (χ0v) is 14.2. The molecule has 0 aliphatic rings. The number of allylic oxidation sites excluding steroid dienone is 2. The Morgan fingerprint density at radius 2 is 1.86 bits per heavy atom. The third-order valence-corrected chi connectivity index (χ3v) is 2.58. The molecule has 0 atom stereocenters. The highest BCUT2D eigenvalue weighted by Crippen LogP contribution is 2.31. The van der Waals surface area contributed by atoms with E-state index in [1.807, 2.05) is 27.7 Å². The Morgan fingerprint density at radius 1 is 1.32 bits per heavy atom. The van der Waals surface area contributed by atoms with Crippen LogP contribution >= 0.6 is 0 Å². The lowest BCUT2D eigenvalue weighted by atomic mass is 10.1. The molecule has 130 valence electrons. The van der Waals surface area contributed by atoms with Gasteiger partial charge in [-0.15, -0.1) is 0 Å². The molecule has 0 saturated heterocycles. The molecule has 3 nitrogen and oxygen atoms in total. The smallest absolute Gasteiger partial charge is 0.419 e. The van der Waals surface area contributed by atoms with Crippen molar-refractivity contribution in [2.45, 2.75) is 46.3 Å². The minimum Gasteiger partial charge on any atom is -0.500 e. The summed E-state index contributed by atoms with van der Waals surface area (Å²) < 4.78 is 44.2. The van der Waals surface area contributed by atoms with Crippen LogP contribution in [0, 0.1) is 0 Å². The van der Waals surface area contributed by atoms with Crippen LogP contribution in [0.2, 0.25) is 0 Å². The van der Waals surface area contributed by atoms with Gasteiger partial charge in [-0.05, 0) is 11.6 Å². The highest BCUT2D eigenvalue weighted by atomic mass is 19.4. The van der Waals surface area contributed by atoms with Crippen LogP contribution in [0.3, 0.4) is 0 Å². The van der Waals surface area contributed by atoms with E-state index in [-0.39, 0.29) is 24.8 Å². The second-order valence-corrected chi connectivity index (χ2v) is 4.53. The highest BCUT2D eigenvalue weighted by molar-refractivity contribution is 5.35. The van der Waals surface area contributed by atoms with Crippen molar-refractivity contribution in [1.82, 2.24) is 5.32 Å². The van der Waals surface area contributed by atoms with Gasteiger partial charge in [-0.3, -0.25) is 0 Å². The normalized spacial score (nSPS) is 13.3. The molecule has 0 aromatic carbocycles. The topological polar surface area (TPSA) is 47.3 Å². The molecule has 0 amide bonds. The minimum absolute atomic E-state index is 0.00960. The predicted octanol–water partition coefficient (Wildman–Crippen LogP) is 3.93. The van der Waals surface area contributed by atoms with Crippen LogP contribution in [0.25, 0.3) is 0 Å². The quantitative estimate of drug-likeness (QED) is 0.526. The summed E-state index contributed by atoms with van der Waals surface area (Å²) in [5.74, 6) is -0.113. The highest BCUT2D eigenvalue weighted by Gasteiger charge is 2.35. The van der Waals surface area contributed by atoms with Gasteiger partial charge in [-0.2, -0.15) is 13.2 Å². The molecule has 22 heavy (non-hydrogen) atoms. The summed E-state index contributed by atoms with van der Waals surface area (Å²) in [6, 6.07) is 0.200. The molecule has 0 fully saturated rings. The fourth-order valence-electron chi connectivity index (χ4n) is 1.53. The lowest BCUT2D eigenvalue weighted by molar-refractivity contribution is -0.0916. The van der Waals surface area contributed by atoms with Crippen molar-refractivity contribution in [1.29, 1.82) is 0 Å². The fourth-order valence-corrected chi connectivity index (χ4v) is 1.53. The molecule has 6 heteroatoms. The van der Waals surface area contributed by atoms with Crippen LogP contribution < -0.4 is 11.1 Å². The van der Waals surface area contributed by atoms with Gasteiger partial charge < -0.3 is 15.8 Å². The molecule has 0 aromatic heterocycles. The second kappa shape index (κ2) is 12.3. The third-order valence-electron chi connectivity index (χ3n) is 2.58. The lowest BCUT2D eigenvalue weighted by Gasteiger charge is -2.16. The van der Waals surface area contributed by atoms with Gasteiger partial charge in [0.15, 0.2) is 0 Å². The molecule has 0 aliphatic carbocycles. The maximum atomic E-state index is 13.1. The summed E-state index contributed by atoms with van der Waals surface area (Å²) >= 11 is 0. The number of ether oxygens (including phenoxy) is 1. The Kier molecular flexibility index (Phi) is 12.9. The van der Waals surface area contributed by atoms with E-state index in [0.717, 1.165) is 6.08 Å². The summed E-state index contributed by atoms with van der Waals surface area (Å²) in [5.41, 5.74) is 4.87. The van der Waals surface area contributed by atoms with E-state index >= 15 is 0 Å². The summed E-state index contributed by atoms with van der Waals surface area (Å²) in [4.78, 5) is 0. The Balaban J connectivity index is 0. The molecule has 0 aromatic rings. The number of alkyl halides is 3. The average Bonchev–Trinajstić information content (AvgIpc) is 2.46. The van der Waals surface area contributed by atoms with Gasteiger partial charge >= 0.3 is 6.18 Å². The molecule has 0 bridgehead atoms. The molecule has 0 saturated carbocycles. The Morgan fingerprint density at radius 3 is 2.18 bits per heavy atom. The second-order valence-electron chi connectivity index (χ2n) is 4.53. The van der Waals surface area contributed by atoms with E-state index in [1.165, 1.54) is 13.2 Å². The first kappa shape index (κ1) is 23.0. The summed E-state index contributed by atoms with van der Waals surface area (Å²) in [6.07, 6.45) is -2.05. The Bertz CT molecular complexity index is 372.